The summed E-state index contributed by atoms with van der Waals surface area (Å²) in [5, 5.41) is 12.6. The van der Waals surface area contributed by atoms with Crippen molar-refractivity contribution in [2.75, 3.05) is 5.32 Å². The second-order valence-electron chi connectivity index (χ2n) is 3.88. The number of aromatic hydroxyl groups is 1. The van der Waals surface area contributed by atoms with Gasteiger partial charge in [0.15, 0.2) is 0 Å². The minimum absolute atomic E-state index is 0.319. The Balaban J connectivity index is 2.05. The highest BCUT2D eigenvalue weighted by atomic mass is 16.3. The van der Waals surface area contributed by atoms with Crippen molar-refractivity contribution in [3.63, 3.8) is 0 Å². The Morgan fingerprint density at radius 1 is 1.19 bits per heavy atom. The summed E-state index contributed by atoms with van der Waals surface area (Å²) in [5.41, 5.74) is 2.98. The Morgan fingerprint density at radius 3 is 2.62 bits per heavy atom. The molecule has 3 nitrogen and oxygen atoms in total. The lowest BCUT2D eigenvalue weighted by atomic mass is 10.2. The van der Waals surface area contributed by atoms with E-state index in [9.17, 15) is 5.11 Å². The second-order valence-corrected chi connectivity index (χ2v) is 3.88. The van der Waals surface area contributed by atoms with Crippen molar-refractivity contribution >= 4 is 5.69 Å². The molecule has 0 saturated heterocycles. The van der Waals surface area contributed by atoms with E-state index in [1.807, 2.05) is 32.0 Å². The van der Waals surface area contributed by atoms with E-state index in [4.69, 9.17) is 4.42 Å². The molecule has 16 heavy (non-hydrogen) atoms. The van der Waals surface area contributed by atoms with Gasteiger partial charge in [-0.1, -0.05) is 0 Å². The number of hydrogen-bond acceptors (Lipinski definition) is 3. The van der Waals surface area contributed by atoms with E-state index >= 15 is 0 Å². The zero-order chi connectivity index (χ0) is 11.5. The molecule has 0 saturated carbocycles. The van der Waals surface area contributed by atoms with E-state index in [2.05, 4.69) is 5.32 Å². The molecule has 1 heterocycles. The number of benzene rings is 1. The summed E-state index contributed by atoms with van der Waals surface area (Å²) in [6, 6.07) is 7.39. The molecule has 1 aromatic heterocycles. The molecule has 0 aliphatic heterocycles. The van der Waals surface area contributed by atoms with Gasteiger partial charge in [0, 0.05) is 5.69 Å². The van der Waals surface area contributed by atoms with Crippen LogP contribution in [0.3, 0.4) is 0 Å². The minimum Gasteiger partial charge on any atom is -0.508 e. The molecule has 0 unspecified atom stereocenters. The van der Waals surface area contributed by atoms with Crippen LogP contribution in [0.15, 0.2) is 34.9 Å². The molecule has 0 aliphatic carbocycles. The van der Waals surface area contributed by atoms with Crippen molar-refractivity contribution < 1.29 is 9.52 Å². The maximum atomic E-state index is 9.39. The fourth-order valence-corrected chi connectivity index (χ4v) is 1.53. The van der Waals surface area contributed by atoms with Crippen LogP contribution in [0.4, 0.5) is 5.69 Å². The van der Waals surface area contributed by atoms with Crippen LogP contribution >= 0.6 is 0 Å². The van der Waals surface area contributed by atoms with Crippen LogP contribution in [0.5, 0.6) is 5.75 Å². The Labute approximate surface area is 94.7 Å². The van der Waals surface area contributed by atoms with Crippen molar-refractivity contribution in [3.8, 4) is 5.75 Å². The number of nitrogens with one attached hydrogen (secondary N) is 1. The number of hydrogen-bond donors (Lipinski definition) is 2. The monoisotopic (exact) mass is 217 g/mol. The standard InChI is InChI=1S/C13H15NO2/c1-9-5-6-16-13(9)8-14-11-3-4-12(15)10(2)7-11/h3-7,14-15H,8H2,1-2H3. The van der Waals surface area contributed by atoms with Gasteiger partial charge in [-0.05, 0) is 49.2 Å². The van der Waals surface area contributed by atoms with Gasteiger partial charge >= 0.3 is 0 Å². The van der Waals surface area contributed by atoms with E-state index in [-0.39, 0.29) is 0 Å². The summed E-state index contributed by atoms with van der Waals surface area (Å²) >= 11 is 0. The first-order chi connectivity index (χ1) is 7.66. The topological polar surface area (TPSA) is 45.4 Å². The number of phenols is 1. The number of aryl methyl sites for hydroxylation is 2. The lowest BCUT2D eigenvalue weighted by Gasteiger charge is -2.07. The van der Waals surface area contributed by atoms with Crippen molar-refractivity contribution in [2.45, 2.75) is 20.4 Å². The smallest absolute Gasteiger partial charge is 0.125 e. The van der Waals surface area contributed by atoms with Crippen LogP contribution < -0.4 is 5.32 Å². The van der Waals surface area contributed by atoms with Gasteiger partial charge in [0.25, 0.3) is 0 Å². The lowest BCUT2D eigenvalue weighted by molar-refractivity contribution is 0.471. The van der Waals surface area contributed by atoms with Crippen molar-refractivity contribution in [1.82, 2.24) is 0 Å². The first kappa shape index (κ1) is 10.6. The summed E-state index contributed by atoms with van der Waals surface area (Å²) < 4.78 is 5.33. The normalized spacial score (nSPS) is 10.4. The zero-order valence-corrected chi connectivity index (χ0v) is 9.45. The van der Waals surface area contributed by atoms with Gasteiger partial charge in [0.1, 0.15) is 11.5 Å². The summed E-state index contributed by atoms with van der Waals surface area (Å²) in [5.74, 6) is 1.26. The molecule has 1 aromatic carbocycles. The first-order valence-electron chi connectivity index (χ1n) is 5.23. The average molecular weight is 217 g/mol. The van der Waals surface area contributed by atoms with Gasteiger partial charge in [-0.3, -0.25) is 0 Å². The van der Waals surface area contributed by atoms with Gasteiger partial charge in [0.2, 0.25) is 0 Å². The third kappa shape index (κ3) is 2.19. The molecule has 84 valence electrons. The van der Waals surface area contributed by atoms with Crippen LogP contribution in [-0.2, 0) is 6.54 Å². The first-order valence-corrected chi connectivity index (χ1v) is 5.23. The molecule has 2 rings (SSSR count). The summed E-state index contributed by atoms with van der Waals surface area (Å²) in [6.07, 6.45) is 1.69. The molecule has 3 heteroatoms. The summed E-state index contributed by atoms with van der Waals surface area (Å²) in [6.45, 7) is 4.55. The maximum Gasteiger partial charge on any atom is 0.125 e. The predicted molar refractivity (Wildman–Crippen MR) is 63.6 cm³/mol. The highest BCUT2D eigenvalue weighted by molar-refractivity contribution is 5.50. The minimum atomic E-state index is 0.319. The molecule has 0 bridgehead atoms. The largest absolute Gasteiger partial charge is 0.508 e. The molecular weight excluding hydrogens is 202 g/mol. The van der Waals surface area contributed by atoms with Gasteiger partial charge in [-0.15, -0.1) is 0 Å². The van der Waals surface area contributed by atoms with Crippen molar-refractivity contribution in [1.29, 1.82) is 0 Å². The van der Waals surface area contributed by atoms with E-state index < -0.39 is 0 Å². The highest BCUT2D eigenvalue weighted by Crippen LogP contribution is 2.21. The van der Waals surface area contributed by atoms with Gasteiger partial charge in [-0.25, -0.2) is 0 Å². The van der Waals surface area contributed by atoms with Crippen LogP contribution in [0.1, 0.15) is 16.9 Å². The molecule has 2 N–H and O–H groups in total. The van der Waals surface area contributed by atoms with Gasteiger partial charge in [0.05, 0.1) is 12.8 Å². The quantitative estimate of drug-likeness (QED) is 0.776. The van der Waals surface area contributed by atoms with E-state index in [1.165, 1.54) is 0 Å². The van der Waals surface area contributed by atoms with Crippen LogP contribution in [0.2, 0.25) is 0 Å². The molecule has 0 radical (unpaired) electrons. The molecule has 0 fully saturated rings. The maximum absolute atomic E-state index is 9.39. The fraction of sp³-hybridized carbons (Fsp3) is 0.231. The Morgan fingerprint density at radius 2 is 2.00 bits per heavy atom. The third-order valence-corrected chi connectivity index (χ3v) is 2.62. The Bertz CT molecular complexity index is 488. The highest BCUT2D eigenvalue weighted by Gasteiger charge is 2.02. The average Bonchev–Trinajstić information content (AvgIpc) is 2.66. The zero-order valence-electron chi connectivity index (χ0n) is 9.45. The third-order valence-electron chi connectivity index (χ3n) is 2.62. The van der Waals surface area contributed by atoms with E-state index in [1.54, 1.807) is 12.3 Å². The molecule has 2 aromatic rings. The Hall–Kier alpha value is -1.90. The predicted octanol–water partition coefficient (Wildman–Crippen LogP) is 3.21. The fourth-order valence-electron chi connectivity index (χ4n) is 1.53. The number of rotatable bonds is 3. The molecule has 0 amide bonds. The second kappa shape index (κ2) is 4.31. The van der Waals surface area contributed by atoms with E-state index in [0.717, 1.165) is 22.6 Å². The number of furan rings is 1. The summed E-state index contributed by atoms with van der Waals surface area (Å²) in [4.78, 5) is 0. The molecular formula is C13H15NO2. The molecule has 0 atom stereocenters. The summed E-state index contributed by atoms with van der Waals surface area (Å²) in [7, 11) is 0. The van der Waals surface area contributed by atoms with Crippen LogP contribution in [0.25, 0.3) is 0 Å². The van der Waals surface area contributed by atoms with Gasteiger partial charge < -0.3 is 14.8 Å². The molecule has 0 spiro atoms. The van der Waals surface area contributed by atoms with Gasteiger partial charge in [-0.2, -0.15) is 0 Å². The van der Waals surface area contributed by atoms with E-state index in [0.29, 0.717) is 12.3 Å². The molecule has 0 aliphatic rings. The lowest BCUT2D eigenvalue weighted by Crippen LogP contribution is -1.99. The number of anilines is 1. The van der Waals surface area contributed by atoms with Crippen molar-refractivity contribution in [3.05, 3.63) is 47.4 Å². The van der Waals surface area contributed by atoms with Crippen molar-refractivity contribution in [2.24, 2.45) is 0 Å². The van der Waals surface area contributed by atoms with Crippen LogP contribution in [-0.4, -0.2) is 5.11 Å². The van der Waals surface area contributed by atoms with Crippen LogP contribution in [0, 0.1) is 13.8 Å². The number of phenolic OH excluding ortho intramolecular Hbond substituents is 1. The Kier molecular flexibility index (Phi) is 2.86. The SMILES string of the molecule is Cc1cc(NCc2occc2C)ccc1O.